The van der Waals surface area contributed by atoms with Crippen molar-refractivity contribution in [2.24, 2.45) is 0 Å². The van der Waals surface area contributed by atoms with Crippen LogP contribution in [0.25, 0.3) is 0 Å². The van der Waals surface area contributed by atoms with E-state index in [0.29, 0.717) is 11.3 Å². The van der Waals surface area contributed by atoms with E-state index in [1.807, 2.05) is 18.2 Å². The van der Waals surface area contributed by atoms with Crippen LogP contribution in [0.3, 0.4) is 0 Å². The first kappa shape index (κ1) is 16.0. The Labute approximate surface area is 143 Å². The van der Waals surface area contributed by atoms with Gasteiger partial charge in [-0.3, -0.25) is 4.79 Å². The lowest BCUT2D eigenvalue weighted by Gasteiger charge is -2.27. The van der Waals surface area contributed by atoms with E-state index in [9.17, 15) is 13.2 Å². The average molecular weight is 392 g/mol. The average Bonchev–Trinajstić information content (AvgIpc) is 2.89. The third kappa shape index (κ3) is 3.54. The van der Waals surface area contributed by atoms with Crippen molar-refractivity contribution in [1.29, 1.82) is 0 Å². The summed E-state index contributed by atoms with van der Waals surface area (Å²) in [6.07, 6.45) is 1.57. The van der Waals surface area contributed by atoms with E-state index in [1.165, 1.54) is 10.3 Å². The molecule has 0 N–H and O–H groups in total. The molecule has 1 aliphatic rings. The van der Waals surface area contributed by atoms with Crippen molar-refractivity contribution in [1.82, 2.24) is 0 Å². The highest BCUT2D eigenvalue weighted by Gasteiger charge is 2.31. The molecule has 1 atom stereocenters. The Hall–Kier alpha value is -1.92. The van der Waals surface area contributed by atoms with E-state index in [2.05, 4.69) is 15.9 Å². The number of amides is 1. The lowest BCUT2D eigenvalue weighted by atomic mass is 10.1. The molecule has 0 saturated heterocycles. The SMILES string of the molecule is O=C(c1ccc(Br)cc1)N(c1ccccc1)[C@H]1C=CS(=O)(=O)C1. The lowest BCUT2D eigenvalue weighted by molar-refractivity contribution is 0.0983. The molecular weight excluding hydrogens is 378 g/mol. The van der Waals surface area contributed by atoms with Gasteiger partial charge in [-0.1, -0.05) is 34.1 Å². The van der Waals surface area contributed by atoms with Gasteiger partial charge < -0.3 is 4.90 Å². The van der Waals surface area contributed by atoms with Crippen molar-refractivity contribution in [2.75, 3.05) is 10.7 Å². The Kier molecular flexibility index (Phi) is 4.37. The zero-order valence-corrected chi connectivity index (χ0v) is 14.5. The number of anilines is 1. The van der Waals surface area contributed by atoms with Crippen molar-refractivity contribution in [3.63, 3.8) is 0 Å². The first-order valence-corrected chi connectivity index (χ1v) is 9.52. The molecule has 0 radical (unpaired) electrons. The Bertz CT molecular complexity index is 845. The standard InChI is InChI=1S/C17H14BrNO3S/c18-14-8-6-13(7-9-14)17(20)19(15-4-2-1-3-5-15)16-10-11-23(21,22)12-16/h1-11,16H,12H2/t16-/m0/s1. The number of carbonyl (C=O) groups is 1. The van der Waals surface area contributed by atoms with Crippen molar-refractivity contribution in [3.05, 3.63) is 76.1 Å². The maximum absolute atomic E-state index is 12.9. The Morgan fingerprint density at radius 1 is 1.04 bits per heavy atom. The summed E-state index contributed by atoms with van der Waals surface area (Å²) < 4.78 is 24.4. The molecule has 0 fully saturated rings. The van der Waals surface area contributed by atoms with Gasteiger partial charge in [-0.05, 0) is 42.5 Å². The predicted molar refractivity (Wildman–Crippen MR) is 94.1 cm³/mol. The fraction of sp³-hybridized carbons (Fsp3) is 0.118. The van der Waals surface area contributed by atoms with Crippen molar-refractivity contribution in [3.8, 4) is 0 Å². The molecule has 0 spiro atoms. The van der Waals surface area contributed by atoms with E-state index >= 15 is 0 Å². The Morgan fingerprint density at radius 2 is 1.70 bits per heavy atom. The van der Waals surface area contributed by atoms with Crippen molar-refractivity contribution in [2.45, 2.75) is 6.04 Å². The summed E-state index contributed by atoms with van der Waals surface area (Å²) in [5.74, 6) is -0.320. The summed E-state index contributed by atoms with van der Waals surface area (Å²) in [7, 11) is -3.25. The maximum Gasteiger partial charge on any atom is 0.258 e. The van der Waals surface area contributed by atoms with Crippen LogP contribution < -0.4 is 4.90 Å². The van der Waals surface area contributed by atoms with Crippen LogP contribution in [-0.2, 0) is 9.84 Å². The summed E-state index contributed by atoms with van der Waals surface area (Å²) in [6.45, 7) is 0. The monoisotopic (exact) mass is 391 g/mol. The third-order valence-electron chi connectivity index (χ3n) is 3.59. The molecule has 2 aromatic carbocycles. The van der Waals surface area contributed by atoms with Gasteiger partial charge in [0.05, 0.1) is 11.8 Å². The second-order valence-corrected chi connectivity index (χ2v) is 8.09. The molecule has 0 aromatic heterocycles. The number of para-hydroxylation sites is 1. The first-order chi connectivity index (χ1) is 11.0. The lowest BCUT2D eigenvalue weighted by Crippen LogP contribution is -2.41. The summed E-state index contributed by atoms with van der Waals surface area (Å²) in [4.78, 5) is 14.5. The van der Waals surface area contributed by atoms with Crippen LogP contribution in [0.5, 0.6) is 0 Å². The number of sulfone groups is 1. The summed E-state index contributed by atoms with van der Waals surface area (Å²) in [6, 6.07) is 15.6. The predicted octanol–water partition coefficient (Wildman–Crippen LogP) is 3.41. The van der Waals surface area contributed by atoms with Gasteiger partial charge in [0.25, 0.3) is 5.91 Å². The topological polar surface area (TPSA) is 54.5 Å². The summed E-state index contributed by atoms with van der Waals surface area (Å²) in [5, 5.41) is 1.18. The third-order valence-corrected chi connectivity index (χ3v) is 5.49. The molecule has 2 aromatic rings. The van der Waals surface area contributed by atoms with Crippen molar-refractivity contribution < 1.29 is 13.2 Å². The normalized spacial score (nSPS) is 18.7. The zero-order valence-electron chi connectivity index (χ0n) is 12.1. The van der Waals surface area contributed by atoms with E-state index in [0.717, 1.165) is 4.47 Å². The van der Waals surface area contributed by atoms with E-state index in [4.69, 9.17) is 0 Å². The van der Waals surface area contributed by atoms with Gasteiger partial charge in [-0.2, -0.15) is 0 Å². The number of halogens is 1. The van der Waals surface area contributed by atoms with Gasteiger partial charge in [0.2, 0.25) is 0 Å². The van der Waals surface area contributed by atoms with Gasteiger partial charge in [-0.15, -0.1) is 0 Å². The van der Waals surface area contributed by atoms with Crippen LogP contribution >= 0.6 is 15.9 Å². The first-order valence-electron chi connectivity index (χ1n) is 7.01. The van der Waals surface area contributed by atoms with Crippen LogP contribution in [0.1, 0.15) is 10.4 Å². The fourth-order valence-corrected chi connectivity index (χ4v) is 4.03. The number of hydrogen-bond acceptors (Lipinski definition) is 3. The molecule has 1 aliphatic heterocycles. The van der Waals surface area contributed by atoms with E-state index in [-0.39, 0.29) is 11.7 Å². The molecule has 0 bridgehead atoms. The molecule has 1 amide bonds. The molecule has 0 saturated carbocycles. The van der Waals surface area contributed by atoms with Gasteiger partial charge in [0.1, 0.15) is 0 Å². The van der Waals surface area contributed by atoms with Gasteiger partial charge >= 0.3 is 0 Å². The molecule has 0 aliphatic carbocycles. The number of carbonyl (C=O) groups excluding carboxylic acids is 1. The molecular formula is C17H14BrNO3S. The van der Waals surface area contributed by atoms with Crippen LogP contribution in [0.15, 0.2) is 70.6 Å². The highest BCUT2D eigenvalue weighted by molar-refractivity contribution is 9.10. The largest absolute Gasteiger partial charge is 0.300 e. The smallest absolute Gasteiger partial charge is 0.258 e. The number of hydrogen-bond donors (Lipinski definition) is 0. The van der Waals surface area contributed by atoms with E-state index < -0.39 is 15.9 Å². The molecule has 23 heavy (non-hydrogen) atoms. The molecule has 6 heteroatoms. The number of nitrogens with zero attached hydrogens (tertiary/aromatic N) is 1. The summed E-state index contributed by atoms with van der Waals surface area (Å²) in [5.41, 5.74) is 1.18. The van der Waals surface area contributed by atoms with Crippen LogP contribution in [0, 0.1) is 0 Å². The van der Waals surface area contributed by atoms with Crippen molar-refractivity contribution >= 4 is 37.4 Å². The second-order valence-electron chi connectivity index (χ2n) is 5.24. The minimum atomic E-state index is -3.25. The number of rotatable bonds is 3. The van der Waals surface area contributed by atoms with Crippen LogP contribution in [0.4, 0.5) is 5.69 Å². The van der Waals surface area contributed by atoms with E-state index in [1.54, 1.807) is 42.5 Å². The zero-order chi connectivity index (χ0) is 16.4. The molecule has 4 nitrogen and oxygen atoms in total. The maximum atomic E-state index is 12.9. The molecule has 118 valence electrons. The van der Waals surface area contributed by atoms with Gasteiger partial charge in [-0.25, -0.2) is 8.42 Å². The highest BCUT2D eigenvalue weighted by atomic mass is 79.9. The van der Waals surface area contributed by atoms with Gasteiger partial charge in [0.15, 0.2) is 9.84 Å². The molecule has 1 heterocycles. The number of benzene rings is 2. The summed E-state index contributed by atoms with van der Waals surface area (Å²) >= 11 is 3.34. The molecule has 0 unspecified atom stereocenters. The second kappa shape index (κ2) is 6.29. The minimum Gasteiger partial charge on any atom is -0.300 e. The fourth-order valence-electron chi connectivity index (χ4n) is 2.50. The minimum absolute atomic E-state index is 0.0931. The quantitative estimate of drug-likeness (QED) is 0.805. The Balaban J connectivity index is 2.00. The Morgan fingerprint density at radius 3 is 2.26 bits per heavy atom. The van der Waals surface area contributed by atoms with Gasteiger partial charge in [0, 0.05) is 21.1 Å². The molecule has 3 rings (SSSR count). The van der Waals surface area contributed by atoms with Crippen LogP contribution in [-0.4, -0.2) is 26.1 Å². The van der Waals surface area contributed by atoms with Crippen LogP contribution in [0.2, 0.25) is 0 Å². The highest BCUT2D eigenvalue weighted by Crippen LogP contribution is 2.25.